The van der Waals surface area contributed by atoms with Gasteiger partial charge >= 0.3 is 5.97 Å². The molecule has 0 saturated heterocycles. The van der Waals surface area contributed by atoms with Crippen molar-refractivity contribution < 1.29 is 19.3 Å². The van der Waals surface area contributed by atoms with Crippen molar-refractivity contribution in [2.24, 2.45) is 0 Å². The zero-order valence-corrected chi connectivity index (χ0v) is 12.5. The van der Waals surface area contributed by atoms with E-state index in [9.17, 15) is 14.7 Å². The summed E-state index contributed by atoms with van der Waals surface area (Å²) in [6.45, 7) is 3.26. The highest BCUT2D eigenvalue weighted by molar-refractivity contribution is 5.89. The standard InChI is InChI=1S/C14H16N4O5/c1-8-12(17-23-16-8)22-5-4-18-7-9-6-15-3-2-10(9)11(13(18)19)14(20)21/h7,15H,2-6H2,1H3,(H,20,21). The third kappa shape index (κ3) is 2.95. The number of hydrogen-bond donors (Lipinski definition) is 2. The van der Waals surface area contributed by atoms with Crippen LogP contribution in [0.3, 0.4) is 0 Å². The summed E-state index contributed by atoms with van der Waals surface area (Å²) in [7, 11) is 0. The zero-order chi connectivity index (χ0) is 16.4. The fraction of sp³-hybridized carbons (Fsp3) is 0.429. The molecule has 0 radical (unpaired) electrons. The predicted octanol–water partition coefficient (Wildman–Crippen LogP) is -0.0374. The van der Waals surface area contributed by atoms with Gasteiger partial charge in [0.1, 0.15) is 17.9 Å². The first-order valence-corrected chi connectivity index (χ1v) is 7.19. The van der Waals surface area contributed by atoms with E-state index in [1.165, 1.54) is 4.57 Å². The fourth-order valence-corrected chi connectivity index (χ4v) is 2.61. The van der Waals surface area contributed by atoms with E-state index in [4.69, 9.17) is 4.74 Å². The highest BCUT2D eigenvalue weighted by Crippen LogP contribution is 2.16. The van der Waals surface area contributed by atoms with Crippen LogP contribution in [0.5, 0.6) is 5.88 Å². The minimum Gasteiger partial charge on any atom is -0.477 e. The molecule has 2 aromatic rings. The summed E-state index contributed by atoms with van der Waals surface area (Å²) in [5.74, 6) is -0.934. The van der Waals surface area contributed by atoms with Gasteiger partial charge in [0.2, 0.25) is 0 Å². The van der Waals surface area contributed by atoms with Crippen LogP contribution in [0.2, 0.25) is 0 Å². The molecule has 3 rings (SSSR count). The lowest BCUT2D eigenvalue weighted by Crippen LogP contribution is -2.35. The molecule has 1 aliphatic rings. The predicted molar refractivity (Wildman–Crippen MR) is 77.6 cm³/mol. The molecule has 9 heteroatoms. The van der Waals surface area contributed by atoms with Crippen LogP contribution in [0.15, 0.2) is 15.6 Å². The van der Waals surface area contributed by atoms with Crippen molar-refractivity contribution in [3.8, 4) is 5.88 Å². The first-order chi connectivity index (χ1) is 11.1. The Kier molecular flexibility index (Phi) is 4.11. The van der Waals surface area contributed by atoms with Gasteiger partial charge in [-0.2, -0.15) is 0 Å². The summed E-state index contributed by atoms with van der Waals surface area (Å²) in [6, 6.07) is 0. The van der Waals surface area contributed by atoms with E-state index in [-0.39, 0.29) is 24.6 Å². The van der Waals surface area contributed by atoms with Crippen molar-refractivity contribution in [3.05, 3.63) is 38.9 Å². The Morgan fingerprint density at radius 1 is 1.52 bits per heavy atom. The summed E-state index contributed by atoms with van der Waals surface area (Å²) >= 11 is 0. The first kappa shape index (κ1) is 15.2. The number of pyridine rings is 1. The van der Waals surface area contributed by atoms with Crippen LogP contribution in [0.25, 0.3) is 0 Å². The van der Waals surface area contributed by atoms with Crippen molar-refractivity contribution >= 4 is 5.97 Å². The molecule has 0 saturated carbocycles. The van der Waals surface area contributed by atoms with Crippen LogP contribution in [-0.4, -0.2) is 39.1 Å². The maximum Gasteiger partial charge on any atom is 0.341 e. The molecule has 0 aromatic carbocycles. The van der Waals surface area contributed by atoms with E-state index in [2.05, 4.69) is 20.3 Å². The smallest absolute Gasteiger partial charge is 0.341 e. The fourth-order valence-electron chi connectivity index (χ4n) is 2.61. The molecule has 9 nitrogen and oxygen atoms in total. The van der Waals surface area contributed by atoms with Crippen LogP contribution in [0, 0.1) is 6.92 Å². The van der Waals surface area contributed by atoms with Crippen LogP contribution in [0.4, 0.5) is 0 Å². The number of nitrogens with one attached hydrogen (secondary N) is 1. The largest absolute Gasteiger partial charge is 0.477 e. The van der Waals surface area contributed by atoms with Crippen LogP contribution in [0.1, 0.15) is 27.2 Å². The Bertz CT molecular complexity index is 795. The van der Waals surface area contributed by atoms with Crippen molar-refractivity contribution in [1.29, 1.82) is 0 Å². The number of carboxylic acid groups (broad SMARTS) is 1. The molecule has 0 bridgehead atoms. The van der Waals surface area contributed by atoms with Crippen molar-refractivity contribution in [2.75, 3.05) is 13.2 Å². The molecular formula is C14H16N4O5. The molecule has 2 N–H and O–H groups in total. The second-order valence-corrected chi connectivity index (χ2v) is 5.24. The average molecular weight is 320 g/mol. The summed E-state index contributed by atoms with van der Waals surface area (Å²) in [6.07, 6.45) is 2.22. The number of ether oxygens (including phenoxy) is 1. The zero-order valence-electron chi connectivity index (χ0n) is 12.5. The van der Waals surface area contributed by atoms with Gasteiger partial charge in [0.05, 0.1) is 6.54 Å². The minimum absolute atomic E-state index is 0.150. The third-order valence-electron chi connectivity index (χ3n) is 3.74. The molecule has 0 atom stereocenters. The van der Waals surface area contributed by atoms with Gasteiger partial charge < -0.3 is 19.7 Å². The highest BCUT2D eigenvalue weighted by atomic mass is 16.6. The van der Waals surface area contributed by atoms with Crippen LogP contribution < -0.4 is 15.6 Å². The Morgan fingerprint density at radius 2 is 2.35 bits per heavy atom. The average Bonchev–Trinajstić information content (AvgIpc) is 2.93. The Hall–Kier alpha value is -2.68. The van der Waals surface area contributed by atoms with Crippen molar-refractivity contribution in [1.82, 2.24) is 20.2 Å². The van der Waals surface area contributed by atoms with E-state index in [1.54, 1.807) is 13.1 Å². The van der Waals surface area contributed by atoms with Crippen LogP contribution >= 0.6 is 0 Å². The van der Waals surface area contributed by atoms with E-state index in [0.717, 1.165) is 5.56 Å². The van der Waals surface area contributed by atoms with Gasteiger partial charge in [0.25, 0.3) is 11.4 Å². The number of carboxylic acids is 1. The second-order valence-electron chi connectivity index (χ2n) is 5.24. The Balaban J connectivity index is 1.84. The molecule has 0 spiro atoms. The number of aryl methyl sites for hydroxylation is 1. The van der Waals surface area contributed by atoms with E-state index >= 15 is 0 Å². The summed E-state index contributed by atoms with van der Waals surface area (Å²) in [4.78, 5) is 23.9. The topological polar surface area (TPSA) is 119 Å². The number of nitrogens with zero attached hydrogens (tertiary/aromatic N) is 3. The monoisotopic (exact) mass is 320 g/mol. The maximum atomic E-state index is 12.4. The number of fused-ring (bicyclic) bond motifs is 1. The summed E-state index contributed by atoms with van der Waals surface area (Å²) in [5.41, 5.74) is 1.29. The normalized spacial score (nSPS) is 13.6. The van der Waals surface area contributed by atoms with Gasteiger partial charge in [-0.15, -0.1) is 0 Å². The summed E-state index contributed by atoms with van der Waals surface area (Å²) < 4.78 is 11.3. The number of hydrogen-bond acceptors (Lipinski definition) is 7. The lowest BCUT2D eigenvalue weighted by atomic mass is 9.98. The number of aromatic carboxylic acids is 1. The number of aromatic nitrogens is 3. The number of carbonyl (C=O) groups is 1. The van der Waals surface area contributed by atoms with E-state index in [1.807, 2.05) is 0 Å². The van der Waals surface area contributed by atoms with Crippen LogP contribution in [-0.2, 0) is 19.5 Å². The molecule has 0 unspecified atom stereocenters. The maximum absolute atomic E-state index is 12.4. The van der Waals surface area contributed by atoms with Gasteiger partial charge in [0.15, 0.2) is 0 Å². The summed E-state index contributed by atoms with van der Waals surface area (Å²) in [5, 5.41) is 19.7. The van der Waals surface area contributed by atoms with Gasteiger partial charge in [-0.25, -0.2) is 9.42 Å². The minimum atomic E-state index is -1.19. The van der Waals surface area contributed by atoms with Gasteiger partial charge in [0, 0.05) is 12.7 Å². The second kappa shape index (κ2) is 6.21. The lowest BCUT2D eigenvalue weighted by Gasteiger charge is -2.20. The van der Waals surface area contributed by atoms with Gasteiger partial charge in [-0.1, -0.05) is 5.16 Å². The molecule has 0 amide bonds. The molecule has 3 heterocycles. The molecule has 1 aliphatic heterocycles. The molecular weight excluding hydrogens is 304 g/mol. The third-order valence-corrected chi connectivity index (χ3v) is 3.74. The SMILES string of the molecule is Cc1nonc1OCCn1cc2c(c(C(=O)O)c1=O)CCNC2. The Labute approximate surface area is 130 Å². The first-order valence-electron chi connectivity index (χ1n) is 7.19. The van der Waals surface area contributed by atoms with Gasteiger partial charge in [-0.05, 0) is 36.2 Å². The van der Waals surface area contributed by atoms with Crippen molar-refractivity contribution in [3.63, 3.8) is 0 Å². The van der Waals surface area contributed by atoms with Crippen molar-refractivity contribution in [2.45, 2.75) is 26.4 Å². The molecule has 0 aliphatic carbocycles. The Morgan fingerprint density at radius 3 is 3.04 bits per heavy atom. The van der Waals surface area contributed by atoms with E-state index < -0.39 is 11.5 Å². The van der Waals surface area contributed by atoms with E-state index in [0.29, 0.717) is 30.8 Å². The molecule has 122 valence electrons. The highest BCUT2D eigenvalue weighted by Gasteiger charge is 2.22. The molecule has 2 aromatic heterocycles. The van der Waals surface area contributed by atoms with Gasteiger partial charge in [-0.3, -0.25) is 4.79 Å². The number of rotatable bonds is 5. The lowest BCUT2D eigenvalue weighted by molar-refractivity contribution is 0.0692. The molecule has 0 fully saturated rings. The molecule has 23 heavy (non-hydrogen) atoms. The quantitative estimate of drug-likeness (QED) is 0.787.